The second kappa shape index (κ2) is 8.29. The van der Waals surface area contributed by atoms with Crippen molar-refractivity contribution in [1.82, 2.24) is 14.8 Å². The highest BCUT2D eigenvalue weighted by Crippen LogP contribution is 2.29. The van der Waals surface area contributed by atoms with E-state index in [9.17, 15) is 0 Å². The minimum Gasteiger partial charge on any atom is -0.495 e. The molecule has 0 spiro atoms. The van der Waals surface area contributed by atoms with Crippen molar-refractivity contribution >= 4 is 29.1 Å². The minimum atomic E-state index is 0.658. The van der Waals surface area contributed by atoms with Gasteiger partial charge in [-0.25, -0.2) is 0 Å². The molecule has 2 aromatic heterocycles. The fraction of sp³-hybridized carbons (Fsp3) is 0.211. The van der Waals surface area contributed by atoms with E-state index in [0.717, 1.165) is 39.5 Å². The molecule has 0 amide bonds. The van der Waals surface area contributed by atoms with E-state index in [0.29, 0.717) is 10.8 Å². The highest BCUT2D eigenvalue weighted by molar-refractivity contribution is 7.14. The van der Waals surface area contributed by atoms with Crippen LogP contribution in [0, 0.1) is 0 Å². The molecule has 0 aliphatic carbocycles. The van der Waals surface area contributed by atoms with Gasteiger partial charge in [0.1, 0.15) is 21.3 Å². The quantitative estimate of drug-likeness (QED) is 0.641. The molecule has 0 aliphatic rings. The van der Waals surface area contributed by atoms with Gasteiger partial charge in [0.05, 0.1) is 12.1 Å². The lowest BCUT2D eigenvalue weighted by atomic mass is 10.1. The fourth-order valence-electron chi connectivity index (χ4n) is 2.59. The van der Waals surface area contributed by atoms with Crippen LogP contribution in [0.4, 0.5) is 0 Å². The molecule has 7 heteroatoms. The smallest absolute Gasteiger partial charge is 0.147 e. The first-order valence-corrected chi connectivity index (χ1v) is 9.27. The van der Waals surface area contributed by atoms with Crippen molar-refractivity contribution in [1.29, 1.82) is 0 Å². The van der Waals surface area contributed by atoms with Crippen molar-refractivity contribution in [3.63, 3.8) is 0 Å². The SMILES string of the molecule is C=Cn1ccc(-c2nnc(CCc3cccc(OC)c3Cl)s2)cc1=NC. The minimum absolute atomic E-state index is 0.658. The highest BCUT2D eigenvalue weighted by Gasteiger charge is 2.10. The van der Waals surface area contributed by atoms with Gasteiger partial charge in [-0.1, -0.05) is 41.6 Å². The summed E-state index contributed by atoms with van der Waals surface area (Å²) in [6.45, 7) is 3.78. The topological polar surface area (TPSA) is 52.3 Å². The Morgan fingerprint density at radius 1 is 1.31 bits per heavy atom. The van der Waals surface area contributed by atoms with Crippen LogP contribution in [0.15, 0.2) is 48.1 Å². The first-order valence-electron chi connectivity index (χ1n) is 8.08. The monoisotopic (exact) mass is 386 g/mol. The molecule has 134 valence electrons. The van der Waals surface area contributed by atoms with Crippen molar-refractivity contribution < 1.29 is 4.74 Å². The van der Waals surface area contributed by atoms with Crippen molar-refractivity contribution in [3.8, 4) is 16.3 Å². The number of ether oxygens (including phenoxy) is 1. The lowest BCUT2D eigenvalue weighted by molar-refractivity contribution is 0.414. The third-order valence-electron chi connectivity index (χ3n) is 3.97. The Kier molecular flexibility index (Phi) is 5.85. The summed E-state index contributed by atoms with van der Waals surface area (Å²) in [5, 5.41) is 11.1. The Hall–Kier alpha value is -2.44. The summed E-state index contributed by atoms with van der Waals surface area (Å²) in [6.07, 6.45) is 5.19. The van der Waals surface area contributed by atoms with Gasteiger partial charge in [0.25, 0.3) is 0 Å². The third-order valence-corrected chi connectivity index (χ3v) is 5.44. The number of benzene rings is 1. The molecule has 3 aromatic rings. The van der Waals surface area contributed by atoms with Gasteiger partial charge in [-0.15, -0.1) is 10.2 Å². The molecule has 0 N–H and O–H groups in total. The zero-order valence-corrected chi connectivity index (χ0v) is 16.2. The number of aryl methyl sites for hydroxylation is 2. The lowest BCUT2D eigenvalue weighted by Crippen LogP contribution is -2.15. The van der Waals surface area contributed by atoms with Crippen LogP contribution in [0.3, 0.4) is 0 Å². The van der Waals surface area contributed by atoms with Gasteiger partial charge in [-0.05, 0) is 30.2 Å². The lowest BCUT2D eigenvalue weighted by Gasteiger charge is -2.07. The summed E-state index contributed by atoms with van der Waals surface area (Å²) in [6, 6.07) is 9.77. The van der Waals surface area contributed by atoms with E-state index < -0.39 is 0 Å². The predicted octanol–water partition coefficient (Wildman–Crippen LogP) is 4.08. The first-order chi connectivity index (χ1) is 12.7. The van der Waals surface area contributed by atoms with Crippen LogP contribution in [0.2, 0.25) is 5.02 Å². The Balaban J connectivity index is 1.78. The number of rotatable bonds is 6. The van der Waals surface area contributed by atoms with E-state index in [4.69, 9.17) is 16.3 Å². The number of methoxy groups -OCH3 is 1. The second-order valence-corrected chi connectivity index (χ2v) is 6.96. The zero-order chi connectivity index (χ0) is 18.5. The Morgan fingerprint density at radius 3 is 2.88 bits per heavy atom. The first kappa shape index (κ1) is 18.4. The average molecular weight is 387 g/mol. The van der Waals surface area contributed by atoms with E-state index in [1.807, 2.05) is 41.1 Å². The summed E-state index contributed by atoms with van der Waals surface area (Å²) in [5.74, 6) is 0.692. The van der Waals surface area contributed by atoms with Crippen LogP contribution >= 0.6 is 22.9 Å². The van der Waals surface area contributed by atoms with Crippen molar-refractivity contribution in [2.45, 2.75) is 12.8 Å². The maximum Gasteiger partial charge on any atom is 0.147 e. The molecule has 26 heavy (non-hydrogen) atoms. The van der Waals surface area contributed by atoms with Crippen molar-refractivity contribution in [3.05, 3.63) is 64.2 Å². The number of aromatic nitrogens is 3. The van der Waals surface area contributed by atoms with Gasteiger partial charge in [-0.2, -0.15) is 0 Å². The second-order valence-electron chi connectivity index (χ2n) is 5.52. The molecule has 0 bridgehead atoms. The van der Waals surface area contributed by atoms with Gasteiger partial charge in [0.2, 0.25) is 0 Å². The molecule has 0 saturated heterocycles. The van der Waals surface area contributed by atoms with Gasteiger partial charge in [0, 0.05) is 31.4 Å². The van der Waals surface area contributed by atoms with E-state index >= 15 is 0 Å². The summed E-state index contributed by atoms with van der Waals surface area (Å²) in [4.78, 5) is 4.26. The van der Waals surface area contributed by atoms with Crippen LogP contribution in [-0.2, 0) is 12.8 Å². The molecule has 0 aliphatic heterocycles. The number of nitrogens with zero attached hydrogens (tertiary/aromatic N) is 4. The Labute approximate surface area is 161 Å². The zero-order valence-electron chi connectivity index (χ0n) is 14.6. The third kappa shape index (κ3) is 3.86. The molecule has 5 nitrogen and oxygen atoms in total. The summed E-state index contributed by atoms with van der Waals surface area (Å²) in [7, 11) is 3.37. The van der Waals surface area contributed by atoms with E-state index in [1.54, 1.807) is 31.7 Å². The number of pyridine rings is 1. The molecule has 0 fully saturated rings. The van der Waals surface area contributed by atoms with Crippen molar-refractivity contribution in [2.24, 2.45) is 4.99 Å². The number of hydrogen-bond donors (Lipinski definition) is 0. The molecule has 1 aromatic carbocycles. The summed E-state index contributed by atoms with van der Waals surface area (Å²) in [5.41, 5.74) is 2.85. The Morgan fingerprint density at radius 2 is 2.15 bits per heavy atom. The average Bonchev–Trinajstić information content (AvgIpc) is 3.15. The van der Waals surface area contributed by atoms with Gasteiger partial charge in [0.15, 0.2) is 0 Å². The van der Waals surface area contributed by atoms with Gasteiger partial charge < -0.3 is 9.30 Å². The van der Waals surface area contributed by atoms with Crippen molar-refractivity contribution in [2.75, 3.05) is 14.2 Å². The maximum absolute atomic E-state index is 6.36. The predicted molar refractivity (Wildman–Crippen MR) is 107 cm³/mol. The number of hydrogen-bond acceptors (Lipinski definition) is 5. The molecule has 2 heterocycles. The normalized spacial score (nSPS) is 11.6. The molecular weight excluding hydrogens is 368 g/mol. The van der Waals surface area contributed by atoms with Crippen LogP contribution < -0.4 is 10.2 Å². The standard InChI is InChI=1S/C19H19ClN4OS/c1-4-24-11-10-14(12-16(24)21-2)19-23-22-17(26-19)9-8-13-6-5-7-15(25-3)18(13)20/h4-7,10-12H,1,8-9H2,2-3H3. The maximum atomic E-state index is 6.36. The molecule has 0 saturated carbocycles. The van der Waals surface area contributed by atoms with Gasteiger partial charge in [-0.3, -0.25) is 4.99 Å². The molecular formula is C19H19ClN4OS. The van der Waals surface area contributed by atoms with Crippen LogP contribution in [0.25, 0.3) is 16.8 Å². The van der Waals surface area contributed by atoms with E-state index in [-0.39, 0.29) is 0 Å². The van der Waals surface area contributed by atoms with Crippen LogP contribution in [0.5, 0.6) is 5.75 Å². The van der Waals surface area contributed by atoms with E-state index in [2.05, 4.69) is 21.8 Å². The summed E-state index contributed by atoms with van der Waals surface area (Å²) < 4.78 is 7.12. The Bertz CT molecular complexity index is 993. The number of halogens is 1. The molecule has 0 unspecified atom stereocenters. The van der Waals surface area contributed by atoms with Crippen LogP contribution in [0.1, 0.15) is 10.6 Å². The van der Waals surface area contributed by atoms with E-state index in [1.165, 1.54) is 0 Å². The highest BCUT2D eigenvalue weighted by atomic mass is 35.5. The van der Waals surface area contributed by atoms with Gasteiger partial charge >= 0.3 is 0 Å². The molecule has 0 radical (unpaired) electrons. The molecule has 0 atom stereocenters. The summed E-state index contributed by atoms with van der Waals surface area (Å²) >= 11 is 7.94. The fourth-order valence-corrected chi connectivity index (χ4v) is 3.72. The largest absolute Gasteiger partial charge is 0.495 e. The molecule has 3 rings (SSSR count). The van der Waals surface area contributed by atoms with Crippen LogP contribution in [-0.4, -0.2) is 28.9 Å².